The van der Waals surface area contributed by atoms with Gasteiger partial charge in [0.2, 0.25) is 10.2 Å². The molecule has 0 aliphatic carbocycles. The predicted molar refractivity (Wildman–Crippen MR) is 123 cm³/mol. The highest BCUT2D eigenvalue weighted by Crippen LogP contribution is 2.36. The molecule has 0 saturated heterocycles. The molecule has 172 valence electrons. The molecule has 0 saturated carbocycles. The van der Waals surface area contributed by atoms with E-state index in [9.17, 15) is 22.4 Å². The lowest BCUT2D eigenvalue weighted by Gasteiger charge is -2.20. The fourth-order valence-corrected chi connectivity index (χ4v) is 4.63. The van der Waals surface area contributed by atoms with Crippen molar-refractivity contribution in [3.8, 4) is 0 Å². The molecule has 0 bridgehead atoms. The monoisotopic (exact) mass is 485 g/mol. The first-order valence-corrected chi connectivity index (χ1v) is 10.8. The Hall–Kier alpha value is -3.73. The Morgan fingerprint density at radius 2 is 1.82 bits per heavy atom. The molecule has 5 rings (SSSR count). The van der Waals surface area contributed by atoms with Crippen LogP contribution in [-0.4, -0.2) is 37.7 Å². The molecule has 1 amide bonds. The van der Waals surface area contributed by atoms with Gasteiger partial charge in [0.25, 0.3) is 5.91 Å². The molecule has 2 aliphatic heterocycles. The van der Waals surface area contributed by atoms with Crippen LogP contribution < -0.4 is 0 Å². The third kappa shape index (κ3) is 3.71. The quantitative estimate of drug-likeness (QED) is 0.403. The van der Waals surface area contributed by atoms with Gasteiger partial charge in [0, 0.05) is 28.7 Å². The largest absolute Gasteiger partial charge is 0.441 e. The number of carbonyl (C=O) groups is 1. The summed E-state index contributed by atoms with van der Waals surface area (Å²) >= 11 is 0.211. The Bertz CT molecular complexity index is 1450. The van der Waals surface area contributed by atoms with Gasteiger partial charge in [0.15, 0.2) is 5.84 Å². The Balaban J connectivity index is 1.59. The summed E-state index contributed by atoms with van der Waals surface area (Å²) in [7, 11) is 0. The average molecular weight is 485 g/mol. The molecule has 0 radical (unpaired) electrons. The summed E-state index contributed by atoms with van der Waals surface area (Å²) in [5.41, 5.74) is 2.96. The molecule has 3 aromatic rings. The predicted octanol–water partition coefficient (Wildman–Crippen LogP) is 5.32. The third-order valence-corrected chi connectivity index (χ3v) is 6.47. The minimum absolute atomic E-state index is 0.163. The molecule has 1 aromatic heterocycles. The topological polar surface area (TPSA) is 73.8 Å². The van der Waals surface area contributed by atoms with Crippen LogP contribution in [0, 0.1) is 18.2 Å². The molecule has 2 aromatic carbocycles. The molecule has 1 N–H and O–H groups in total. The van der Waals surface area contributed by atoms with Crippen LogP contribution in [0.2, 0.25) is 0 Å². The molecule has 0 atom stereocenters. The molecule has 11 heteroatoms. The van der Waals surface area contributed by atoms with E-state index in [1.54, 1.807) is 12.1 Å². The summed E-state index contributed by atoms with van der Waals surface area (Å²) in [6.07, 6.45) is -3.24. The highest BCUT2D eigenvalue weighted by molar-refractivity contribution is 8.27. The summed E-state index contributed by atoms with van der Waals surface area (Å²) in [6, 6.07) is 13.6. The van der Waals surface area contributed by atoms with Crippen molar-refractivity contribution in [3.63, 3.8) is 0 Å². The maximum absolute atomic E-state index is 13.3. The van der Waals surface area contributed by atoms with Crippen LogP contribution >= 0.6 is 11.8 Å². The van der Waals surface area contributed by atoms with Gasteiger partial charge in [-0.3, -0.25) is 10.2 Å². The van der Waals surface area contributed by atoms with E-state index < -0.39 is 23.0 Å². The highest BCUT2D eigenvalue weighted by Gasteiger charge is 2.46. The number of hydrazone groups is 1. The number of carbonyl (C=O) groups excluding carboxylic acids is 1. The number of hydrogen-bond acceptors (Lipinski definition) is 4. The maximum Gasteiger partial charge on any atom is 0.441 e. The van der Waals surface area contributed by atoms with E-state index in [1.165, 1.54) is 18.2 Å². The number of nitrogens with one attached hydrogen (secondary N) is 1. The molecule has 2 aliphatic rings. The number of amides is 1. The molecular weight excluding hydrogens is 470 g/mol. The maximum atomic E-state index is 13.3. The first-order valence-electron chi connectivity index (χ1n) is 10.0. The van der Waals surface area contributed by atoms with E-state index in [1.807, 2.05) is 35.8 Å². The SMILES string of the molecule is Cc1c(/C=C2/C(=N)N3N=C(C(F)(F)F)SC3=NC2=O)c2ccccc2n1Cc1ccc(F)cc1. The molecule has 34 heavy (non-hydrogen) atoms. The van der Waals surface area contributed by atoms with Crippen LogP contribution in [0.4, 0.5) is 17.6 Å². The fourth-order valence-electron chi connectivity index (χ4n) is 3.87. The van der Waals surface area contributed by atoms with Gasteiger partial charge in [-0.25, -0.2) is 4.39 Å². The number of alkyl halides is 3. The van der Waals surface area contributed by atoms with E-state index in [4.69, 9.17) is 5.41 Å². The van der Waals surface area contributed by atoms with Gasteiger partial charge in [0.1, 0.15) is 5.82 Å². The smallest absolute Gasteiger partial charge is 0.340 e. The summed E-state index contributed by atoms with van der Waals surface area (Å²) in [5.74, 6) is -1.62. The Morgan fingerprint density at radius 3 is 2.53 bits per heavy atom. The summed E-state index contributed by atoms with van der Waals surface area (Å²) in [5, 5.41) is 11.8. The normalized spacial score (nSPS) is 17.4. The zero-order valence-electron chi connectivity index (χ0n) is 17.5. The van der Waals surface area contributed by atoms with Gasteiger partial charge in [-0.1, -0.05) is 30.3 Å². The number of para-hydroxylation sites is 1. The van der Waals surface area contributed by atoms with Crippen LogP contribution in [0.15, 0.2) is 64.2 Å². The third-order valence-electron chi connectivity index (χ3n) is 5.52. The zero-order valence-corrected chi connectivity index (χ0v) is 18.3. The second-order valence-corrected chi connectivity index (χ2v) is 8.61. The minimum Gasteiger partial charge on any atom is -0.340 e. The number of rotatable bonds is 3. The van der Waals surface area contributed by atoms with E-state index in [2.05, 4.69) is 10.1 Å². The molecule has 0 unspecified atom stereocenters. The standard InChI is InChI=1S/C23H15F4N5OS/c1-12-16(10-17-19(28)32-22(29-20(17)33)34-21(30-32)23(25,26)27)15-4-2-3-5-18(15)31(12)11-13-6-8-14(24)9-7-13/h2-10,28H,11H2,1H3/b17-10-,28-19?. The molecule has 3 heterocycles. The highest BCUT2D eigenvalue weighted by atomic mass is 32.2. The van der Waals surface area contributed by atoms with Crippen molar-refractivity contribution in [2.24, 2.45) is 10.1 Å². The molecule has 0 fully saturated rings. The van der Waals surface area contributed by atoms with Gasteiger partial charge in [-0.05, 0) is 48.5 Å². The van der Waals surface area contributed by atoms with Crippen LogP contribution in [0.25, 0.3) is 17.0 Å². The lowest BCUT2D eigenvalue weighted by Crippen LogP contribution is -2.35. The summed E-state index contributed by atoms with van der Waals surface area (Å²) in [4.78, 5) is 16.4. The van der Waals surface area contributed by atoms with Gasteiger partial charge < -0.3 is 4.57 Å². The van der Waals surface area contributed by atoms with E-state index in [-0.39, 0.29) is 28.3 Å². The van der Waals surface area contributed by atoms with E-state index >= 15 is 0 Å². The second kappa shape index (κ2) is 7.94. The number of aromatic nitrogens is 1. The molecule has 0 spiro atoms. The number of benzene rings is 2. The molecular formula is C23H15F4N5OS. The van der Waals surface area contributed by atoms with Crippen molar-refractivity contribution < 1.29 is 22.4 Å². The number of thioether (sulfide) groups is 1. The van der Waals surface area contributed by atoms with Crippen molar-refractivity contribution in [1.29, 1.82) is 5.41 Å². The van der Waals surface area contributed by atoms with Crippen LogP contribution in [0.5, 0.6) is 0 Å². The van der Waals surface area contributed by atoms with Gasteiger partial charge in [0.05, 0.1) is 5.57 Å². The lowest BCUT2D eigenvalue weighted by atomic mass is 10.1. The minimum atomic E-state index is -4.71. The molecule has 6 nitrogen and oxygen atoms in total. The Labute approximate surface area is 194 Å². The van der Waals surface area contributed by atoms with Crippen molar-refractivity contribution in [3.05, 3.63) is 76.7 Å². The number of nitrogens with zero attached hydrogens (tertiary/aromatic N) is 4. The summed E-state index contributed by atoms with van der Waals surface area (Å²) < 4.78 is 54.5. The van der Waals surface area contributed by atoms with Gasteiger partial charge in [-0.15, -0.1) is 0 Å². The fraction of sp³-hybridized carbons (Fsp3) is 0.130. The van der Waals surface area contributed by atoms with Gasteiger partial charge >= 0.3 is 6.18 Å². The van der Waals surface area contributed by atoms with Crippen molar-refractivity contribution >= 4 is 50.7 Å². The number of hydrogen-bond donors (Lipinski definition) is 1. The first kappa shape index (κ1) is 22.1. The van der Waals surface area contributed by atoms with Crippen molar-refractivity contribution in [1.82, 2.24) is 9.58 Å². The van der Waals surface area contributed by atoms with Crippen LogP contribution in [0.1, 0.15) is 16.8 Å². The first-order chi connectivity index (χ1) is 16.1. The number of aliphatic imine (C=N–C) groups is 1. The second-order valence-electron chi connectivity index (χ2n) is 7.65. The van der Waals surface area contributed by atoms with E-state index in [0.29, 0.717) is 12.1 Å². The number of halogens is 4. The zero-order chi connectivity index (χ0) is 24.2. The van der Waals surface area contributed by atoms with Crippen LogP contribution in [-0.2, 0) is 11.3 Å². The summed E-state index contributed by atoms with van der Waals surface area (Å²) in [6.45, 7) is 2.28. The lowest BCUT2D eigenvalue weighted by molar-refractivity contribution is -0.114. The van der Waals surface area contributed by atoms with Crippen LogP contribution in [0.3, 0.4) is 0 Å². The van der Waals surface area contributed by atoms with Crippen molar-refractivity contribution in [2.75, 3.05) is 0 Å². The van der Waals surface area contributed by atoms with Gasteiger partial charge in [-0.2, -0.15) is 28.3 Å². The van der Waals surface area contributed by atoms with E-state index in [0.717, 1.165) is 27.2 Å². The van der Waals surface area contributed by atoms with Crippen molar-refractivity contribution in [2.45, 2.75) is 19.6 Å². The number of amidine groups is 2. The number of fused-ring (bicyclic) bond motifs is 2. The average Bonchev–Trinajstić information content (AvgIpc) is 3.33. The Morgan fingerprint density at radius 1 is 1.12 bits per heavy atom. The Kier molecular flexibility index (Phi) is 5.16.